The smallest absolute Gasteiger partial charge is 0.410 e. The number of amides is 1. The summed E-state index contributed by atoms with van der Waals surface area (Å²) < 4.78 is 5.36. The minimum absolute atomic E-state index is 0.282. The third kappa shape index (κ3) is 4.19. The molecule has 114 valence electrons. The Bertz CT molecular complexity index is 532. The molecule has 0 fully saturated rings. The maximum Gasteiger partial charge on any atom is 0.410 e. The average molecular weight is 291 g/mol. The van der Waals surface area contributed by atoms with Crippen LogP contribution in [0.25, 0.3) is 5.57 Å². The molecule has 2 N–H and O–H groups in total. The molecule has 21 heavy (non-hydrogen) atoms. The van der Waals surface area contributed by atoms with Gasteiger partial charge in [-0.3, -0.25) is 10.7 Å². The van der Waals surface area contributed by atoms with Crippen LogP contribution in [0, 0.1) is 0 Å². The number of aromatic nitrogens is 1. The van der Waals surface area contributed by atoms with Crippen LogP contribution in [-0.4, -0.2) is 39.9 Å². The Morgan fingerprint density at radius 3 is 2.67 bits per heavy atom. The van der Waals surface area contributed by atoms with Crippen LogP contribution in [0.3, 0.4) is 0 Å². The molecule has 0 aliphatic carbocycles. The maximum absolute atomic E-state index is 12.0. The van der Waals surface area contributed by atoms with Crippen LogP contribution in [0.1, 0.15) is 32.8 Å². The van der Waals surface area contributed by atoms with E-state index >= 15 is 0 Å². The van der Waals surface area contributed by atoms with Crippen molar-refractivity contribution < 1.29 is 14.7 Å². The van der Waals surface area contributed by atoms with Crippen LogP contribution in [0.15, 0.2) is 24.4 Å². The predicted octanol–water partition coefficient (Wildman–Crippen LogP) is 2.91. The lowest BCUT2D eigenvalue weighted by Crippen LogP contribution is -2.39. The van der Waals surface area contributed by atoms with Gasteiger partial charge in [0.05, 0.1) is 0 Å². The van der Waals surface area contributed by atoms with Crippen LogP contribution < -0.4 is 5.48 Å². The number of nitrogens with one attached hydrogen (secondary N) is 1. The Morgan fingerprint density at radius 1 is 1.43 bits per heavy atom. The number of anilines is 1. The molecule has 0 unspecified atom stereocenters. The van der Waals surface area contributed by atoms with Crippen LogP contribution in [0.4, 0.5) is 10.6 Å². The normalized spacial score (nSPS) is 15.4. The summed E-state index contributed by atoms with van der Waals surface area (Å²) in [7, 11) is 0. The van der Waals surface area contributed by atoms with Gasteiger partial charge < -0.3 is 9.64 Å². The molecule has 2 heterocycles. The van der Waals surface area contributed by atoms with E-state index in [1.54, 1.807) is 17.2 Å². The number of ether oxygens (including phenoxy) is 1. The zero-order chi connectivity index (χ0) is 15.5. The number of pyridine rings is 1. The number of carbonyl (C=O) groups is 1. The second-order valence-corrected chi connectivity index (χ2v) is 5.95. The maximum atomic E-state index is 12.0. The van der Waals surface area contributed by atoms with E-state index in [9.17, 15) is 4.79 Å². The lowest BCUT2D eigenvalue weighted by Gasteiger charge is -2.29. The Hall–Kier alpha value is -2.08. The third-order valence-corrected chi connectivity index (χ3v) is 3.11. The van der Waals surface area contributed by atoms with Crippen molar-refractivity contribution in [2.45, 2.75) is 32.8 Å². The Kier molecular flexibility index (Phi) is 4.47. The second kappa shape index (κ2) is 6.13. The number of hydrogen-bond acceptors (Lipinski definition) is 5. The molecule has 0 saturated heterocycles. The van der Waals surface area contributed by atoms with Crippen molar-refractivity contribution in [2.24, 2.45) is 0 Å². The molecule has 1 aromatic rings. The quantitative estimate of drug-likeness (QED) is 0.819. The highest BCUT2D eigenvalue weighted by molar-refractivity contribution is 5.72. The molecule has 6 heteroatoms. The Morgan fingerprint density at radius 2 is 2.19 bits per heavy atom. The molecular weight excluding hydrogens is 270 g/mol. The molecule has 0 atom stereocenters. The molecule has 0 aromatic carbocycles. The number of hydrogen-bond donors (Lipinski definition) is 2. The van der Waals surface area contributed by atoms with Gasteiger partial charge in [0.1, 0.15) is 11.4 Å². The fourth-order valence-electron chi connectivity index (χ4n) is 2.07. The predicted molar refractivity (Wildman–Crippen MR) is 80.0 cm³/mol. The van der Waals surface area contributed by atoms with E-state index in [1.165, 1.54) is 0 Å². The first kappa shape index (κ1) is 15.3. The summed E-state index contributed by atoms with van der Waals surface area (Å²) in [5.41, 5.74) is 3.67. The van der Waals surface area contributed by atoms with E-state index < -0.39 is 5.60 Å². The van der Waals surface area contributed by atoms with Gasteiger partial charge in [0.25, 0.3) is 0 Å². The first-order valence-electron chi connectivity index (χ1n) is 6.92. The van der Waals surface area contributed by atoms with E-state index in [1.807, 2.05) is 38.4 Å². The summed E-state index contributed by atoms with van der Waals surface area (Å²) in [4.78, 5) is 17.7. The number of carbonyl (C=O) groups excluding carboxylic acids is 1. The van der Waals surface area contributed by atoms with Gasteiger partial charge >= 0.3 is 6.09 Å². The summed E-state index contributed by atoms with van der Waals surface area (Å²) in [5.74, 6) is 0.408. The summed E-state index contributed by atoms with van der Waals surface area (Å²) in [5, 5.41) is 8.74. The molecule has 2 rings (SSSR count). The zero-order valence-electron chi connectivity index (χ0n) is 12.6. The van der Waals surface area contributed by atoms with Crippen molar-refractivity contribution in [3.8, 4) is 0 Å². The molecule has 1 amide bonds. The topological polar surface area (TPSA) is 74.7 Å². The average Bonchev–Trinajstić information content (AvgIpc) is 2.46. The van der Waals surface area contributed by atoms with Crippen LogP contribution in [0.2, 0.25) is 0 Å². The third-order valence-electron chi connectivity index (χ3n) is 3.11. The minimum atomic E-state index is -0.474. The largest absolute Gasteiger partial charge is 0.444 e. The molecule has 1 aliphatic rings. The molecule has 1 aliphatic heterocycles. The molecular formula is C15H21N3O3. The van der Waals surface area contributed by atoms with Crippen molar-refractivity contribution in [3.05, 3.63) is 30.0 Å². The Balaban J connectivity index is 1.99. The summed E-state index contributed by atoms with van der Waals surface area (Å²) >= 11 is 0. The molecule has 0 saturated carbocycles. The van der Waals surface area contributed by atoms with Gasteiger partial charge in [-0.05, 0) is 50.5 Å². The summed E-state index contributed by atoms with van der Waals surface area (Å²) in [6, 6.07) is 3.59. The van der Waals surface area contributed by atoms with Gasteiger partial charge in [0.2, 0.25) is 0 Å². The van der Waals surface area contributed by atoms with E-state index in [-0.39, 0.29) is 6.09 Å². The summed E-state index contributed by atoms with van der Waals surface area (Å²) in [6.07, 6.45) is 4.19. The highest BCUT2D eigenvalue weighted by atomic mass is 16.6. The lowest BCUT2D eigenvalue weighted by atomic mass is 10.0. The Labute approximate surface area is 124 Å². The van der Waals surface area contributed by atoms with Crippen LogP contribution >= 0.6 is 0 Å². The van der Waals surface area contributed by atoms with E-state index in [0.717, 1.165) is 17.6 Å². The number of nitrogens with zero attached hydrogens (tertiary/aromatic N) is 2. The van der Waals surface area contributed by atoms with E-state index in [2.05, 4.69) is 4.98 Å². The van der Waals surface area contributed by atoms with Crippen molar-refractivity contribution in [1.82, 2.24) is 9.88 Å². The SMILES string of the molecule is CC(C)(C)OC(=O)N1CC=C(c2ccc(NO)nc2)CC1. The van der Waals surface area contributed by atoms with Gasteiger partial charge in [-0.25, -0.2) is 9.78 Å². The van der Waals surface area contributed by atoms with Gasteiger partial charge in [-0.15, -0.1) is 0 Å². The monoisotopic (exact) mass is 291 g/mol. The highest BCUT2D eigenvalue weighted by Gasteiger charge is 2.23. The zero-order valence-corrected chi connectivity index (χ0v) is 12.6. The lowest BCUT2D eigenvalue weighted by molar-refractivity contribution is 0.0270. The van der Waals surface area contributed by atoms with Gasteiger partial charge in [0, 0.05) is 19.3 Å². The van der Waals surface area contributed by atoms with Crippen molar-refractivity contribution >= 4 is 17.5 Å². The molecule has 1 aromatic heterocycles. The molecule has 0 spiro atoms. The standard InChI is InChI=1S/C15H21N3O3/c1-15(2,3)21-14(19)18-8-6-11(7-9-18)12-4-5-13(17-20)16-10-12/h4-6,10,20H,7-9H2,1-3H3,(H,16,17). The van der Waals surface area contributed by atoms with Crippen LogP contribution in [0.5, 0.6) is 0 Å². The first-order chi connectivity index (χ1) is 9.89. The van der Waals surface area contributed by atoms with E-state index in [0.29, 0.717) is 18.9 Å². The van der Waals surface area contributed by atoms with E-state index in [4.69, 9.17) is 9.94 Å². The van der Waals surface area contributed by atoms with Gasteiger partial charge in [-0.1, -0.05) is 6.08 Å². The minimum Gasteiger partial charge on any atom is -0.444 e. The second-order valence-electron chi connectivity index (χ2n) is 5.95. The fraction of sp³-hybridized carbons (Fsp3) is 0.467. The van der Waals surface area contributed by atoms with Gasteiger partial charge in [-0.2, -0.15) is 0 Å². The molecule has 6 nitrogen and oxygen atoms in total. The van der Waals surface area contributed by atoms with Gasteiger partial charge in [0.15, 0.2) is 0 Å². The van der Waals surface area contributed by atoms with Crippen molar-refractivity contribution in [2.75, 3.05) is 18.6 Å². The first-order valence-corrected chi connectivity index (χ1v) is 6.92. The highest BCUT2D eigenvalue weighted by Crippen LogP contribution is 2.23. The van der Waals surface area contributed by atoms with Crippen molar-refractivity contribution in [1.29, 1.82) is 0 Å². The fourth-order valence-corrected chi connectivity index (χ4v) is 2.07. The molecule has 0 radical (unpaired) electrons. The van der Waals surface area contributed by atoms with Crippen LogP contribution in [-0.2, 0) is 4.74 Å². The number of rotatable bonds is 2. The molecule has 0 bridgehead atoms. The van der Waals surface area contributed by atoms with Crippen molar-refractivity contribution in [3.63, 3.8) is 0 Å². The summed E-state index contributed by atoms with van der Waals surface area (Å²) in [6.45, 7) is 6.74.